The highest BCUT2D eigenvalue weighted by Gasteiger charge is 2.32. The van der Waals surface area contributed by atoms with E-state index in [1.54, 1.807) is 12.2 Å². The lowest BCUT2D eigenvalue weighted by Crippen LogP contribution is -2.54. The molecule has 4 heteroatoms. The predicted octanol–water partition coefficient (Wildman–Crippen LogP) is 0.776. The van der Waals surface area contributed by atoms with Gasteiger partial charge >= 0.3 is 0 Å². The molecule has 1 aliphatic heterocycles. The Bertz CT molecular complexity index is 278. The Morgan fingerprint density at radius 2 is 2.12 bits per heavy atom. The van der Waals surface area contributed by atoms with Gasteiger partial charge in [0, 0.05) is 19.3 Å². The number of aliphatic hydroxyl groups is 1. The van der Waals surface area contributed by atoms with E-state index in [4.69, 9.17) is 4.74 Å². The number of carbonyl (C=O) groups is 1. The van der Waals surface area contributed by atoms with Crippen molar-refractivity contribution in [1.29, 1.82) is 0 Å². The van der Waals surface area contributed by atoms with Gasteiger partial charge in [-0.25, -0.2) is 0 Å². The lowest BCUT2D eigenvalue weighted by atomic mass is 9.91. The van der Waals surface area contributed by atoms with E-state index in [9.17, 15) is 9.90 Å². The van der Waals surface area contributed by atoms with Crippen molar-refractivity contribution in [2.24, 2.45) is 0 Å². The van der Waals surface area contributed by atoms with E-state index in [0.717, 1.165) is 0 Å². The molecule has 16 heavy (non-hydrogen) atoms. The van der Waals surface area contributed by atoms with Crippen LogP contribution in [0.25, 0.3) is 0 Å². The summed E-state index contributed by atoms with van der Waals surface area (Å²) in [6.45, 7) is 3.01. The summed E-state index contributed by atoms with van der Waals surface area (Å²) in [6, 6.07) is 0. The number of nitrogens with one attached hydrogen (secondary N) is 1. The minimum Gasteiger partial charge on any atom is -0.394 e. The predicted molar refractivity (Wildman–Crippen MR) is 62.0 cm³/mol. The van der Waals surface area contributed by atoms with E-state index >= 15 is 0 Å². The molecule has 0 saturated carbocycles. The second kappa shape index (κ2) is 6.45. The third-order valence-corrected chi connectivity index (χ3v) is 2.69. The van der Waals surface area contributed by atoms with Crippen LogP contribution in [0.1, 0.15) is 19.8 Å². The highest BCUT2D eigenvalue weighted by molar-refractivity contribution is 5.88. The minimum absolute atomic E-state index is 0.0421. The molecule has 4 nitrogen and oxygen atoms in total. The largest absolute Gasteiger partial charge is 0.394 e. The molecule has 0 aromatic carbocycles. The van der Waals surface area contributed by atoms with Crippen LogP contribution >= 0.6 is 0 Å². The zero-order valence-corrected chi connectivity index (χ0v) is 9.61. The maximum atomic E-state index is 11.6. The van der Waals surface area contributed by atoms with Gasteiger partial charge in [0.15, 0.2) is 0 Å². The Kier molecular flexibility index (Phi) is 5.22. The number of aliphatic hydroxyl groups excluding tert-OH is 1. The van der Waals surface area contributed by atoms with Crippen molar-refractivity contribution in [2.45, 2.75) is 25.3 Å². The van der Waals surface area contributed by atoms with Gasteiger partial charge in [0.05, 0.1) is 12.1 Å². The van der Waals surface area contributed by atoms with Gasteiger partial charge in [-0.05, 0) is 19.8 Å². The molecule has 1 heterocycles. The van der Waals surface area contributed by atoms with Crippen LogP contribution in [0.2, 0.25) is 0 Å². The smallest absolute Gasteiger partial charge is 0.244 e. The molecule has 0 radical (unpaired) electrons. The van der Waals surface area contributed by atoms with Crippen molar-refractivity contribution in [2.75, 3.05) is 19.8 Å². The number of allylic oxidation sites excluding steroid dienone is 3. The molecule has 1 fully saturated rings. The summed E-state index contributed by atoms with van der Waals surface area (Å²) in [5.41, 5.74) is -0.504. The van der Waals surface area contributed by atoms with Gasteiger partial charge in [-0.1, -0.05) is 18.2 Å². The fourth-order valence-electron chi connectivity index (χ4n) is 1.64. The summed E-state index contributed by atoms with van der Waals surface area (Å²) < 4.78 is 5.22. The second-order valence-corrected chi connectivity index (χ2v) is 3.92. The minimum atomic E-state index is -0.504. The molecule has 0 spiro atoms. The van der Waals surface area contributed by atoms with Crippen molar-refractivity contribution in [3.05, 3.63) is 24.3 Å². The van der Waals surface area contributed by atoms with E-state index in [1.165, 1.54) is 6.08 Å². The average Bonchev–Trinajstić information content (AvgIpc) is 2.30. The Morgan fingerprint density at radius 3 is 2.69 bits per heavy atom. The van der Waals surface area contributed by atoms with Gasteiger partial charge in [0.1, 0.15) is 0 Å². The van der Waals surface area contributed by atoms with Crippen LogP contribution < -0.4 is 5.32 Å². The maximum absolute atomic E-state index is 11.6. The Labute approximate surface area is 96.0 Å². The zero-order chi connectivity index (χ0) is 11.9. The van der Waals surface area contributed by atoms with Gasteiger partial charge in [0.25, 0.3) is 0 Å². The normalized spacial score (nSPS) is 20.4. The molecule has 0 bridgehead atoms. The highest BCUT2D eigenvalue weighted by Crippen LogP contribution is 2.19. The molecule has 0 unspecified atom stereocenters. The van der Waals surface area contributed by atoms with Gasteiger partial charge in [-0.3, -0.25) is 4.79 Å². The van der Waals surface area contributed by atoms with Crippen LogP contribution in [0, 0.1) is 0 Å². The summed E-state index contributed by atoms with van der Waals surface area (Å²) >= 11 is 0. The summed E-state index contributed by atoms with van der Waals surface area (Å²) in [7, 11) is 0. The Balaban J connectivity index is 2.52. The molecule has 1 aliphatic rings. The highest BCUT2D eigenvalue weighted by atomic mass is 16.5. The molecule has 0 aromatic heterocycles. The van der Waals surface area contributed by atoms with E-state index in [1.807, 2.05) is 13.0 Å². The van der Waals surface area contributed by atoms with Gasteiger partial charge < -0.3 is 15.2 Å². The Hall–Kier alpha value is -1.13. The number of rotatable bonds is 4. The standard InChI is InChI=1S/C12H19NO3/c1-2-3-4-5-11(15)13-12(10-14)6-8-16-9-7-12/h2-5,14H,6-10H2,1H3,(H,13,15). The number of hydrogen-bond donors (Lipinski definition) is 2. The van der Waals surface area contributed by atoms with Crippen molar-refractivity contribution in [1.82, 2.24) is 5.32 Å². The van der Waals surface area contributed by atoms with Crippen molar-refractivity contribution >= 4 is 5.91 Å². The third kappa shape index (κ3) is 3.79. The van der Waals surface area contributed by atoms with Crippen LogP contribution in [-0.2, 0) is 9.53 Å². The molecule has 1 saturated heterocycles. The second-order valence-electron chi connectivity index (χ2n) is 3.92. The van der Waals surface area contributed by atoms with E-state index < -0.39 is 5.54 Å². The number of hydrogen-bond acceptors (Lipinski definition) is 3. The number of carbonyl (C=O) groups excluding carboxylic acids is 1. The van der Waals surface area contributed by atoms with Gasteiger partial charge in [-0.2, -0.15) is 0 Å². The van der Waals surface area contributed by atoms with Crippen LogP contribution in [0.3, 0.4) is 0 Å². The zero-order valence-electron chi connectivity index (χ0n) is 9.61. The molecule has 0 atom stereocenters. The van der Waals surface area contributed by atoms with Crippen LogP contribution in [0.15, 0.2) is 24.3 Å². The van der Waals surface area contributed by atoms with E-state index in [2.05, 4.69) is 5.32 Å². The molecule has 90 valence electrons. The SMILES string of the molecule is CC=CC=CC(=O)NC1(CO)CCOCC1. The first-order chi connectivity index (χ1) is 7.72. The average molecular weight is 225 g/mol. The molecule has 2 N–H and O–H groups in total. The Morgan fingerprint density at radius 1 is 1.44 bits per heavy atom. The van der Waals surface area contributed by atoms with Crippen molar-refractivity contribution < 1.29 is 14.6 Å². The summed E-state index contributed by atoms with van der Waals surface area (Å²) in [5, 5.41) is 12.2. The fraction of sp³-hybridized carbons (Fsp3) is 0.583. The fourth-order valence-corrected chi connectivity index (χ4v) is 1.64. The van der Waals surface area contributed by atoms with Gasteiger partial charge in [0.2, 0.25) is 5.91 Å². The first-order valence-electron chi connectivity index (χ1n) is 5.52. The van der Waals surface area contributed by atoms with Crippen molar-refractivity contribution in [3.63, 3.8) is 0 Å². The molecule has 0 aromatic rings. The molecule has 0 aliphatic carbocycles. The van der Waals surface area contributed by atoms with E-state index in [0.29, 0.717) is 26.1 Å². The van der Waals surface area contributed by atoms with Crippen LogP contribution in [0.5, 0.6) is 0 Å². The first-order valence-corrected chi connectivity index (χ1v) is 5.52. The number of ether oxygens (including phenoxy) is 1. The molecular weight excluding hydrogens is 206 g/mol. The quantitative estimate of drug-likeness (QED) is 0.549. The summed E-state index contributed by atoms with van der Waals surface area (Å²) in [6.07, 6.45) is 8.10. The lowest BCUT2D eigenvalue weighted by molar-refractivity contribution is -0.120. The molecule has 1 rings (SSSR count). The van der Waals surface area contributed by atoms with Crippen LogP contribution in [0.4, 0.5) is 0 Å². The van der Waals surface area contributed by atoms with Gasteiger partial charge in [-0.15, -0.1) is 0 Å². The molecular formula is C12H19NO3. The molecule has 1 amide bonds. The van der Waals surface area contributed by atoms with Crippen LogP contribution in [-0.4, -0.2) is 36.4 Å². The summed E-state index contributed by atoms with van der Waals surface area (Å²) in [4.78, 5) is 11.6. The van der Waals surface area contributed by atoms with Crippen molar-refractivity contribution in [3.8, 4) is 0 Å². The van der Waals surface area contributed by atoms with E-state index in [-0.39, 0.29) is 12.5 Å². The monoisotopic (exact) mass is 225 g/mol. The third-order valence-electron chi connectivity index (χ3n) is 2.69. The number of amides is 1. The maximum Gasteiger partial charge on any atom is 0.244 e. The summed E-state index contributed by atoms with van der Waals surface area (Å²) in [5.74, 6) is -0.172. The first kappa shape index (κ1) is 12.9. The topological polar surface area (TPSA) is 58.6 Å². The lowest BCUT2D eigenvalue weighted by Gasteiger charge is -2.35.